The number of nitrogens with one attached hydrogen (secondary N) is 1. The maximum atomic E-state index is 13.1. The van der Waals surface area contributed by atoms with Crippen molar-refractivity contribution in [2.75, 3.05) is 24.3 Å². The number of thioether (sulfide) groups is 1. The van der Waals surface area contributed by atoms with Gasteiger partial charge in [0, 0.05) is 36.3 Å². The van der Waals surface area contributed by atoms with E-state index in [9.17, 15) is 4.79 Å². The van der Waals surface area contributed by atoms with E-state index in [1.54, 1.807) is 4.68 Å². The number of hydrogen-bond donors (Lipinski definition) is 1. The van der Waals surface area contributed by atoms with Gasteiger partial charge in [0.15, 0.2) is 0 Å². The molecule has 2 aromatic carbocycles. The molecule has 0 aliphatic carbocycles. The molecule has 0 radical (unpaired) electrons. The monoisotopic (exact) mass is 497 g/mol. The molecule has 178 valence electrons. The van der Waals surface area contributed by atoms with Gasteiger partial charge in [-0.1, -0.05) is 53.7 Å². The summed E-state index contributed by atoms with van der Waals surface area (Å²) in [6.07, 6.45) is -0.233. The first kappa shape index (κ1) is 24.2. The fourth-order valence-corrected chi connectivity index (χ4v) is 4.87. The summed E-state index contributed by atoms with van der Waals surface area (Å²) in [5, 5.41) is 9.33. The zero-order valence-corrected chi connectivity index (χ0v) is 21.4. The van der Waals surface area contributed by atoms with Gasteiger partial charge in [0.2, 0.25) is 11.1 Å². The molecular formula is C25H28ClN5O2S. The van der Waals surface area contributed by atoms with Gasteiger partial charge in [-0.05, 0) is 50.1 Å². The number of anilines is 2. The fraction of sp³-hybridized carbons (Fsp3) is 0.320. The summed E-state index contributed by atoms with van der Waals surface area (Å²) in [6, 6.07) is 15.4. The number of halogens is 1. The van der Waals surface area contributed by atoms with Crippen molar-refractivity contribution in [2.24, 2.45) is 0 Å². The first-order valence-corrected chi connectivity index (χ1v) is 12.4. The van der Waals surface area contributed by atoms with Crippen LogP contribution in [0.4, 0.5) is 11.6 Å². The van der Waals surface area contributed by atoms with Crippen LogP contribution in [0.3, 0.4) is 0 Å². The average molecular weight is 498 g/mol. The van der Waals surface area contributed by atoms with Crippen LogP contribution in [0.15, 0.2) is 65.0 Å². The van der Waals surface area contributed by atoms with Crippen molar-refractivity contribution in [3.8, 4) is 0 Å². The van der Waals surface area contributed by atoms with Gasteiger partial charge in [-0.2, -0.15) is 4.98 Å². The summed E-state index contributed by atoms with van der Waals surface area (Å²) in [4.78, 5) is 19.9. The third-order valence-electron chi connectivity index (χ3n) is 5.44. The van der Waals surface area contributed by atoms with E-state index in [1.807, 2.05) is 88.3 Å². The Hall–Kier alpha value is -2.97. The molecule has 9 heteroatoms. The van der Waals surface area contributed by atoms with E-state index in [2.05, 4.69) is 10.3 Å². The van der Waals surface area contributed by atoms with Gasteiger partial charge in [0.05, 0.1) is 11.7 Å². The molecule has 1 unspecified atom stereocenters. The van der Waals surface area contributed by atoms with Crippen molar-refractivity contribution >= 4 is 41.0 Å². The molecule has 3 aromatic rings. The maximum Gasteiger partial charge on any atom is 0.338 e. The second kappa shape index (κ2) is 10.1. The number of allylic oxidation sites excluding steroid dienone is 1. The van der Waals surface area contributed by atoms with Crippen molar-refractivity contribution in [2.45, 2.75) is 43.8 Å². The number of fused-ring (bicyclic) bond motifs is 1. The molecule has 4 rings (SSSR count). The first-order chi connectivity index (χ1) is 16.2. The lowest BCUT2D eigenvalue weighted by atomic mass is 9.95. The van der Waals surface area contributed by atoms with Crippen molar-refractivity contribution in [1.29, 1.82) is 0 Å². The smallest absolute Gasteiger partial charge is 0.338 e. The number of ether oxygens (including phenoxy) is 1. The summed E-state index contributed by atoms with van der Waals surface area (Å²) >= 11 is 7.81. The SMILES string of the molecule is CC1=C(C(=O)OC(C)C)C(c2ccc(N(C)C)cc2)n2nc(SCc3ccccc3Cl)nc2N1. The van der Waals surface area contributed by atoms with Crippen LogP contribution in [0.25, 0.3) is 0 Å². The summed E-state index contributed by atoms with van der Waals surface area (Å²) in [5.74, 6) is 0.857. The molecule has 1 N–H and O–H groups in total. The van der Waals surface area contributed by atoms with Gasteiger partial charge in [-0.3, -0.25) is 0 Å². The third kappa shape index (κ3) is 5.08. The fourth-order valence-electron chi connectivity index (χ4n) is 3.76. The van der Waals surface area contributed by atoms with E-state index >= 15 is 0 Å². The highest BCUT2D eigenvalue weighted by Crippen LogP contribution is 2.38. The van der Waals surface area contributed by atoms with E-state index in [-0.39, 0.29) is 12.1 Å². The minimum absolute atomic E-state index is 0.233. The number of aromatic nitrogens is 3. The van der Waals surface area contributed by atoms with Gasteiger partial charge >= 0.3 is 5.97 Å². The second-order valence-electron chi connectivity index (χ2n) is 8.55. The van der Waals surface area contributed by atoms with E-state index in [4.69, 9.17) is 21.4 Å². The standard InChI is InChI=1S/C25H28ClN5O2S/c1-15(2)33-23(32)21-16(3)27-24-28-25(34-14-18-8-6-7-9-20(18)26)29-31(24)22(21)17-10-12-19(13-11-17)30(4)5/h6-13,15,22H,14H2,1-5H3,(H,27,28,29). The molecule has 1 aliphatic rings. The van der Waals surface area contributed by atoms with Gasteiger partial charge in [-0.15, -0.1) is 5.10 Å². The highest BCUT2D eigenvalue weighted by molar-refractivity contribution is 7.98. The van der Waals surface area contributed by atoms with Crippen LogP contribution in [-0.2, 0) is 15.3 Å². The number of carbonyl (C=O) groups is 1. The molecule has 0 saturated heterocycles. The van der Waals surface area contributed by atoms with Gasteiger partial charge in [0.1, 0.15) is 6.04 Å². The van der Waals surface area contributed by atoms with Gasteiger partial charge in [0.25, 0.3) is 0 Å². The van der Waals surface area contributed by atoms with Gasteiger partial charge < -0.3 is 15.0 Å². The number of rotatable bonds is 7. The lowest BCUT2D eigenvalue weighted by Crippen LogP contribution is -2.30. The molecule has 0 bridgehead atoms. The maximum absolute atomic E-state index is 13.1. The van der Waals surface area contributed by atoms with Gasteiger partial charge in [-0.25, -0.2) is 9.48 Å². The number of carbonyl (C=O) groups excluding carboxylic acids is 1. The van der Waals surface area contributed by atoms with E-state index in [0.29, 0.717) is 33.2 Å². The zero-order valence-electron chi connectivity index (χ0n) is 19.9. The molecule has 2 heterocycles. The minimum atomic E-state index is -0.458. The second-order valence-corrected chi connectivity index (χ2v) is 9.90. The topological polar surface area (TPSA) is 72.3 Å². The summed E-state index contributed by atoms with van der Waals surface area (Å²) in [5.41, 5.74) is 4.23. The Kier molecular flexibility index (Phi) is 7.19. The molecule has 7 nitrogen and oxygen atoms in total. The Labute approximate surface area is 209 Å². The lowest BCUT2D eigenvalue weighted by Gasteiger charge is -2.28. The zero-order chi connectivity index (χ0) is 24.4. The molecule has 0 fully saturated rings. The van der Waals surface area contributed by atoms with Crippen LogP contribution in [0.1, 0.15) is 37.9 Å². The molecule has 1 aromatic heterocycles. The predicted octanol–water partition coefficient (Wildman–Crippen LogP) is 5.53. The largest absolute Gasteiger partial charge is 0.459 e. The van der Waals surface area contributed by atoms with E-state index < -0.39 is 6.04 Å². The quantitative estimate of drug-likeness (QED) is 0.340. The minimum Gasteiger partial charge on any atom is -0.459 e. The van der Waals surface area contributed by atoms with Crippen molar-refractivity contribution in [3.05, 3.63) is 76.0 Å². The summed E-state index contributed by atoms with van der Waals surface area (Å²) < 4.78 is 7.36. The Morgan fingerprint density at radius 2 is 1.91 bits per heavy atom. The van der Waals surface area contributed by atoms with Crippen molar-refractivity contribution < 1.29 is 9.53 Å². The summed E-state index contributed by atoms with van der Waals surface area (Å²) in [6.45, 7) is 5.55. The molecule has 0 saturated carbocycles. The van der Waals surface area contributed by atoms with E-state index in [0.717, 1.165) is 16.8 Å². The Morgan fingerprint density at radius 1 is 1.21 bits per heavy atom. The number of benzene rings is 2. The first-order valence-electron chi connectivity index (χ1n) is 11.0. The van der Waals surface area contributed by atoms with Crippen molar-refractivity contribution in [1.82, 2.24) is 14.8 Å². The number of hydrogen-bond acceptors (Lipinski definition) is 7. The Morgan fingerprint density at radius 3 is 2.56 bits per heavy atom. The van der Waals surface area contributed by atoms with Crippen LogP contribution >= 0.6 is 23.4 Å². The van der Waals surface area contributed by atoms with Crippen LogP contribution in [-0.4, -0.2) is 40.9 Å². The van der Waals surface area contributed by atoms with Crippen LogP contribution < -0.4 is 10.2 Å². The summed E-state index contributed by atoms with van der Waals surface area (Å²) in [7, 11) is 3.99. The molecule has 1 atom stereocenters. The average Bonchev–Trinajstić information content (AvgIpc) is 3.19. The Balaban J connectivity index is 1.70. The number of esters is 1. The number of nitrogens with zero attached hydrogens (tertiary/aromatic N) is 4. The molecule has 0 amide bonds. The molecular weight excluding hydrogens is 470 g/mol. The van der Waals surface area contributed by atoms with Crippen molar-refractivity contribution in [3.63, 3.8) is 0 Å². The van der Waals surface area contributed by atoms with Crippen LogP contribution in [0.2, 0.25) is 5.02 Å². The lowest BCUT2D eigenvalue weighted by molar-refractivity contribution is -0.143. The Bertz CT molecular complexity index is 1220. The third-order valence-corrected chi connectivity index (χ3v) is 6.69. The van der Waals surface area contributed by atoms with E-state index in [1.165, 1.54) is 11.8 Å². The highest BCUT2D eigenvalue weighted by atomic mass is 35.5. The molecule has 34 heavy (non-hydrogen) atoms. The van der Waals surface area contributed by atoms with Crippen LogP contribution in [0, 0.1) is 0 Å². The molecule has 0 spiro atoms. The normalized spacial score (nSPS) is 15.2. The van der Waals surface area contributed by atoms with Crippen LogP contribution in [0.5, 0.6) is 0 Å². The predicted molar refractivity (Wildman–Crippen MR) is 137 cm³/mol. The molecule has 1 aliphatic heterocycles. The highest BCUT2D eigenvalue weighted by Gasteiger charge is 2.35.